The fraction of sp³-hybridized carbons (Fsp3) is 0.429. The lowest BCUT2D eigenvalue weighted by atomic mass is 9.96. The topological polar surface area (TPSA) is 66.4 Å². The Kier molecular flexibility index (Phi) is 3.65. The van der Waals surface area contributed by atoms with Crippen LogP contribution in [0.15, 0.2) is 18.2 Å². The zero-order chi connectivity index (χ0) is 13.1. The lowest BCUT2D eigenvalue weighted by Gasteiger charge is -2.11. The molecule has 1 aliphatic carbocycles. The highest BCUT2D eigenvalue weighted by Gasteiger charge is 2.32. The van der Waals surface area contributed by atoms with Gasteiger partial charge in [-0.1, -0.05) is 13.0 Å². The van der Waals surface area contributed by atoms with Gasteiger partial charge in [-0.15, -0.1) is 0 Å². The van der Waals surface area contributed by atoms with Crippen LogP contribution in [0.3, 0.4) is 0 Å². The number of carbonyl (C=O) groups excluding carboxylic acids is 1. The van der Waals surface area contributed by atoms with Crippen LogP contribution in [0.1, 0.15) is 58.4 Å². The summed E-state index contributed by atoms with van der Waals surface area (Å²) in [5.74, 6) is -0.886. The maximum absolute atomic E-state index is 12.0. The molecule has 0 radical (unpaired) electrons. The second-order valence-electron chi connectivity index (χ2n) is 4.60. The zero-order valence-electron chi connectivity index (χ0n) is 10.4. The van der Waals surface area contributed by atoms with E-state index in [9.17, 15) is 14.7 Å². The first-order chi connectivity index (χ1) is 8.65. The van der Waals surface area contributed by atoms with Crippen LogP contribution in [0.4, 0.5) is 0 Å². The van der Waals surface area contributed by atoms with Crippen LogP contribution in [0.25, 0.3) is 0 Å². The van der Waals surface area contributed by atoms with Gasteiger partial charge in [-0.25, -0.2) is 4.79 Å². The Bertz CT molecular complexity index is 478. The second-order valence-corrected chi connectivity index (χ2v) is 4.60. The molecule has 0 heterocycles. The number of nitrogens with one attached hydrogen (secondary N) is 1. The summed E-state index contributed by atoms with van der Waals surface area (Å²) in [5, 5.41) is 12.0. The minimum Gasteiger partial charge on any atom is -0.478 e. The molecule has 0 aromatic heterocycles. The third kappa shape index (κ3) is 2.53. The second kappa shape index (κ2) is 5.21. The molecule has 0 aliphatic heterocycles. The summed E-state index contributed by atoms with van der Waals surface area (Å²) in [5.41, 5.74) is 1.49. The van der Waals surface area contributed by atoms with Gasteiger partial charge in [0.2, 0.25) is 0 Å². The van der Waals surface area contributed by atoms with Gasteiger partial charge in [-0.05, 0) is 42.9 Å². The standard InChI is InChI=1S/C14H17NO3/c1-2-8-15-13(16)10-4-3-5-11(14(17)18)12(10)9-6-7-9/h3-5,9H,2,6-8H2,1H3,(H,15,16)(H,17,18). The van der Waals surface area contributed by atoms with E-state index in [0.29, 0.717) is 17.7 Å². The van der Waals surface area contributed by atoms with Crippen molar-refractivity contribution in [2.24, 2.45) is 0 Å². The highest BCUT2D eigenvalue weighted by atomic mass is 16.4. The van der Waals surface area contributed by atoms with E-state index in [0.717, 1.165) is 19.3 Å². The minimum atomic E-state index is -0.956. The van der Waals surface area contributed by atoms with Crippen LogP contribution >= 0.6 is 0 Å². The first kappa shape index (κ1) is 12.6. The Balaban J connectivity index is 2.37. The Labute approximate surface area is 106 Å². The van der Waals surface area contributed by atoms with E-state index in [2.05, 4.69) is 5.32 Å². The quantitative estimate of drug-likeness (QED) is 0.839. The van der Waals surface area contributed by atoms with E-state index >= 15 is 0 Å². The first-order valence-corrected chi connectivity index (χ1v) is 6.29. The molecule has 2 rings (SSSR count). The van der Waals surface area contributed by atoms with E-state index in [4.69, 9.17) is 0 Å². The monoisotopic (exact) mass is 247 g/mol. The lowest BCUT2D eigenvalue weighted by molar-refractivity contribution is 0.0695. The van der Waals surface area contributed by atoms with Gasteiger partial charge >= 0.3 is 5.97 Å². The highest BCUT2D eigenvalue weighted by molar-refractivity contribution is 6.00. The SMILES string of the molecule is CCCNC(=O)c1cccc(C(=O)O)c1C1CC1. The molecule has 0 bridgehead atoms. The maximum Gasteiger partial charge on any atom is 0.335 e. The molecule has 1 fully saturated rings. The normalized spacial score (nSPS) is 14.3. The molecule has 1 saturated carbocycles. The van der Waals surface area contributed by atoms with E-state index in [-0.39, 0.29) is 17.4 Å². The van der Waals surface area contributed by atoms with Crippen LogP contribution in [-0.2, 0) is 0 Å². The van der Waals surface area contributed by atoms with Crippen LogP contribution in [0.2, 0.25) is 0 Å². The summed E-state index contributed by atoms with van der Waals surface area (Å²) >= 11 is 0. The molecule has 4 heteroatoms. The molecule has 1 aromatic rings. The summed E-state index contributed by atoms with van der Waals surface area (Å²) < 4.78 is 0. The van der Waals surface area contributed by atoms with Gasteiger partial charge in [-0.3, -0.25) is 4.79 Å². The third-order valence-electron chi connectivity index (χ3n) is 3.10. The maximum atomic E-state index is 12.0. The predicted molar refractivity (Wildman–Crippen MR) is 68.0 cm³/mol. The van der Waals surface area contributed by atoms with Gasteiger partial charge in [0, 0.05) is 12.1 Å². The fourth-order valence-electron chi connectivity index (χ4n) is 2.10. The van der Waals surface area contributed by atoms with E-state index < -0.39 is 5.97 Å². The molecule has 0 atom stereocenters. The molecule has 2 N–H and O–H groups in total. The van der Waals surface area contributed by atoms with Crippen LogP contribution in [0, 0.1) is 0 Å². The van der Waals surface area contributed by atoms with Gasteiger partial charge in [-0.2, -0.15) is 0 Å². The van der Waals surface area contributed by atoms with Crippen molar-refractivity contribution in [3.05, 3.63) is 34.9 Å². The van der Waals surface area contributed by atoms with Crippen molar-refractivity contribution in [1.82, 2.24) is 5.32 Å². The van der Waals surface area contributed by atoms with Crippen molar-refractivity contribution < 1.29 is 14.7 Å². The van der Waals surface area contributed by atoms with E-state index in [1.165, 1.54) is 0 Å². The predicted octanol–water partition coefficient (Wildman–Crippen LogP) is 2.40. The van der Waals surface area contributed by atoms with E-state index in [1.54, 1.807) is 18.2 Å². The van der Waals surface area contributed by atoms with Crippen molar-refractivity contribution in [3.8, 4) is 0 Å². The average Bonchev–Trinajstić information content (AvgIpc) is 3.19. The summed E-state index contributed by atoms with van der Waals surface area (Å²) in [4.78, 5) is 23.2. The largest absolute Gasteiger partial charge is 0.478 e. The Hall–Kier alpha value is -1.84. The Morgan fingerprint density at radius 3 is 2.56 bits per heavy atom. The number of carboxylic acids is 1. The molecule has 4 nitrogen and oxygen atoms in total. The molecule has 1 amide bonds. The number of rotatable bonds is 5. The highest BCUT2D eigenvalue weighted by Crippen LogP contribution is 2.43. The first-order valence-electron chi connectivity index (χ1n) is 6.29. The fourth-order valence-corrected chi connectivity index (χ4v) is 2.10. The average molecular weight is 247 g/mol. The van der Waals surface area contributed by atoms with Crippen molar-refractivity contribution in [2.45, 2.75) is 32.1 Å². The number of carboxylic acid groups (broad SMARTS) is 1. The van der Waals surface area contributed by atoms with Crippen LogP contribution in [-0.4, -0.2) is 23.5 Å². The molecule has 1 aliphatic rings. The summed E-state index contributed by atoms with van der Waals surface area (Å²) in [7, 11) is 0. The van der Waals surface area contributed by atoms with Gasteiger partial charge in [0.15, 0.2) is 0 Å². The lowest BCUT2D eigenvalue weighted by Crippen LogP contribution is -2.25. The van der Waals surface area contributed by atoms with Gasteiger partial charge < -0.3 is 10.4 Å². The number of amides is 1. The van der Waals surface area contributed by atoms with Crippen molar-refractivity contribution in [1.29, 1.82) is 0 Å². The number of benzene rings is 1. The van der Waals surface area contributed by atoms with Crippen molar-refractivity contribution in [3.63, 3.8) is 0 Å². The number of hydrogen-bond acceptors (Lipinski definition) is 2. The van der Waals surface area contributed by atoms with Gasteiger partial charge in [0.25, 0.3) is 5.91 Å². The molecule has 0 unspecified atom stereocenters. The van der Waals surface area contributed by atoms with Crippen LogP contribution in [0.5, 0.6) is 0 Å². The molecule has 18 heavy (non-hydrogen) atoms. The molecular formula is C14H17NO3. The van der Waals surface area contributed by atoms with Gasteiger partial charge in [0.05, 0.1) is 5.56 Å². The van der Waals surface area contributed by atoms with Gasteiger partial charge in [0.1, 0.15) is 0 Å². The molecule has 96 valence electrons. The molecule has 1 aromatic carbocycles. The Morgan fingerprint density at radius 1 is 1.33 bits per heavy atom. The van der Waals surface area contributed by atoms with Crippen molar-refractivity contribution >= 4 is 11.9 Å². The van der Waals surface area contributed by atoms with Crippen molar-refractivity contribution in [2.75, 3.05) is 6.54 Å². The molecule has 0 spiro atoms. The summed E-state index contributed by atoms with van der Waals surface area (Å²) in [6.45, 7) is 2.59. The smallest absolute Gasteiger partial charge is 0.335 e. The molecule has 0 saturated heterocycles. The number of hydrogen-bond donors (Lipinski definition) is 2. The Morgan fingerprint density at radius 2 is 2.00 bits per heavy atom. The van der Waals surface area contributed by atoms with E-state index in [1.807, 2.05) is 6.92 Å². The molecular weight excluding hydrogens is 230 g/mol. The summed E-state index contributed by atoms with van der Waals surface area (Å²) in [6, 6.07) is 4.92. The third-order valence-corrected chi connectivity index (χ3v) is 3.10. The summed E-state index contributed by atoms with van der Waals surface area (Å²) in [6.07, 6.45) is 2.81. The zero-order valence-corrected chi connectivity index (χ0v) is 10.4. The number of carbonyl (C=O) groups is 2. The number of aromatic carboxylic acids is 1. The minimum absolute atomic E-state index is 0.165. The van der Waals surface area contributed by atoms with Crippen LogP contribution < -0.4 is 5.32 Å².